The highest BCUT2D eigenvalue weighted by Gasteiger charge is 2.03. The second-order valence-electron chi connectivity index (χ2n) is 5.54. The monoisotopic (exact) mass is 328 g/mol. The maximum absolute atomic E-state index is 12.0. The van der Waals surface area contributed by atoms with Crippen LogP contribution in [0.15, 0.2) is 48.5 Å². The van der Waals surface area contributed by atoms with E-state index in [1.54, 1.807) is 7.11 Å². The average Bonchev–Trinajstić information content (AvgIpc) is 2.59. The SMILES string of the molecule is COCCOCc1cccc(NC(=O)NCc2ccc(C)cc2)c1. The Kier molecular flexibility index (Phi) is 7.26. The highest BCUT2D eigenvalue weighted by Crippen LogP contribution is 2.11. The Labute approximate surface area is 143 Å². The van der Waals surface area contributed by atoms with Gasteiger partial charge in [0.05, 0.1) is 19.8 Å². The lowest BCUT2D eigenvalue weighted by molar-refractivity contribution is 0.0617. The number of carbonyl (C=O) groups is 1. The normalized spacial score (nSPS) is 10.4. The molecular weight excluding hydrogens is 304 g/mol. The van der Waals surface area contributed by atoms with Gasteiger partial charge in [0, 0.05) is 19.3 Å². The van der Waals surface area contributed by atoms with Crippen LogP contribution in [-0.4, -0.2) is 26.4 Å². The summed E-state index contributed by atoms with van der Waals surface area (Å²) in [6, 6.07) is 15.5. The molecule has 128 valence electrons. The molecule has 0 unspecified atom stereocenters. The largest absolute Gasteiger partial charge is 0.382 e. The minimum atomic E-state index is -0.229. The Hall–Kier alpha value is -2.37. The van der Waals surface area contributed by atoms with E-state index in [9.17, 15) is 4.79 Å². The van der Waals surface area contributed by atoms with E-state index in [0.717, 1.165) is 16.8 Å². The molecule has 2 rings (SSSR count). The molecule has 0 aliphatic heterocycles. The molecule has 0 aliphatic rings. The lowest BCUT2D eigenvalue weighted by Crippen LogP contribution is -2.28. The molecule has 0 bridgehead atoms. The third-order valence-corrected chi connectivity index (χ3v) is 3.46. The number of hydrogen-bond donors (Lipinski definition) is 2. The van der Waals surface area contributed by atoms with Gasteiger partial charge in [-0.15, -0.1) is 0 Å². The van der Waals surface area contributed by atoms with Crippen molar-refractivity contribution < 1.29 is 14.3 Å². The van der Waals surface area contributed by atoms with Crippen LogP contribution in [0.5, 0.6) is 0 Å². The van der Waals surface area contributed by atoms with Crippen LogP contribution >= 0.6 is 0 Å². The Balaban J connectivity index is 1.79. The van der Waals surface area contributed by atoms with Gasteiger partial charge in [0.15, 0.2) is 0 Å². The van der Waals surface area contributed by atoms with Crippen LogP contribution in [0.4, 0.5) is 10.5 Å². The molecule has 0 fully saturated rings. The number of hydrogen-bond acceptors (Lipinski definition) is 3. The Morgan fingerprint density at radius 3 is 2.58 bits per heavy atom. The number of amides is 2. The minimum absolute atomic E-state index is 0.229. The van der Waals surface area contributed by atoms with Crippen molar-refractivity contribution in [1.82, 2.24) is 5.32 Å². The molecule has 0 aromatic heterocycles. The zero-order valence-corrected chi connectivity index (χ0v) is 14.2. The molecule has 0 radical (unpaired) electrons. The van der Waals surface area contributed by atoms with E-state index in [1.807, 2.05) is 55.5 Å². The summed E-state index contributed by atoms with van der Waals surface area (Å²) >= 11 is 0. The summed E-state index contributed by atoms with van der Waals surface area (Å²) in [6.45, 7) is 4.14. The van der Waals surface area contributed by atoms with E-state index in [0.29, 0.717) is 26.4 Å². The summed E-state index contributed by atoms with van der Waals surface area (Å²) in [6.07, 6.45) is 0. The van der Waals surface area contributed by atoms with E-state index < -0.39 is 0 Å². The van der Waals surface area contributed by atoms with Crippen LogP contribution in [0.1, 0.15) is 16.7 Å². The fraction of sp³-hybridized carbons (Fsp3) is 0.316. The number of anilines is 1. The summed E-state index contributed by atoms with van der Waals surface area (Å²) < 4.78 is 10.4. The van der Waals surface area contributed by atoms with Crippen LogP contribution in [-0.2, 0) is 22.6 Å². The van der Waals surface area contributed by atoms with Crippen molar-refractivity contribution in [2.24, 2.45) is 0 Å². The number of urea groups is 1. The first kappa shape index (κ1) is 18.0. The number of methoxy groups -OCH3 is 1. The van der Waals surface area contributed by atoms with Gasteiger partial charge in [-0.3, -0.25) is 0 Å². The van der Waals surface area contributed by atoms with E-state index >= 15 is 0 Å². The van der Waals surface area contributed by atoms with Gasteiger partial charge in [-0.1, -0.05) is 42.0 Å². The second kappa shape index (κ2) is 9.70. The van der Waals surface area contributed by atoms with Crippen molar-refractivity contribution in [3.8, 4) is 0 Å². The molecule has 0 saturated carbocycles. The lowest BCUT2D eigenvalue weighted by Gasteiger charge is -2.10. The van der Waals surface area contributed by atoms with E-state index in [2.05, 4.69) is 10.6 Å². The van der Waals surface area contributed by atoms with Gasteiger partial charge in [0.1, 0.15) is 0 Å². The fourth-order valence-corrected chi connectivity index (χ4v) is 2.13. The molecule has 2 aromatic carbocycles. The van der Waals surface area contributed by atoms with Crippen molar-refractivity contribution in [2.75, 3.05) is 25.6 Å². The van der Waals surface area contributed by atoms with Gasteiger partial charge >= 0.3 is 6.03 Å². The zero-order valence-electron chi connectivity index (χ0n) is 14.2. The Morgan fingerprint density at radius 1 is 1.04 bits per heavy atom. The fourth-order valence-electron chi connectivity index (χ4n) is 2.13. The molecule has 0 aliphatic carbocycles. The lowest BCUT2D eigenvalue weighted by atomic mass is 10.1. The third kappa shape index (κ3) is 6.40. The standard InChI is InChI=1S/C19H24N2O3/c1-15-6-8-16(9-7-15)13-20-19(22)21-18-5-3-4-17(12-18)14-24-11-10-23-2/h3-9,12H,10-11,13-14H2,1-2H3,(H2,20,21,22). The third-order valence-electron chi connectivity index (χ3n) is 3.46. The van der Waals surface area contributed by atoms with E-state index in [4.69, 9.17) is 9.47 Å². The molecule has 2 amide bonds. The summed E-state index contributed by atoms with van der Waals surface area (Å²) in [4.78, 5) is 12.0. The molecule has 0 spiro atoms. The van der Waals surface area contributed by atoms with Crippen LogP contribution in [0.3, 0.4) is 0 Å². The van der Waals surface area contributed by atoms with E-state index in [-0.39, 0.29) is 6.03 Å². The minimum Gasteiger partial charge on any atom is -0.382 e. The Bertz CT molecular complexity index is 641. The van der Waals surface area contributed by atoms with Gasteiger partial charge in [-0.05, 0) is 30.2 Å². The molecule has 0 saturated heterocycles. The molecule has 24 heavy (non-hydrogen) atoms. The van der Waals surface area contributed by atoms with Crippen molar-refractivity contribution >= 4 is 11.7 Å². The highest BCUT2D eigenvalue weighted by atomic mass is 16.5. The van der Waals surface area contributed by atoms with Gasteiger partial charge < -0.3 is 20.1 Å². The predicted octanol–water partition coefficient (Wildman–Crippen LogP) is 3.48. The molecule has 5 heteroatoms. The van der Waals surface area contributed by atoms with Crippen molar-refractivity contribution in [1.29, 1.82) is 0 Å². The number of nitrogens with one attached hydrogen (secondary N) is 2. The van der Waals surface area contributed by atoms with Crippen molar-refractivity contribution in [2.45, 2.75) is 20.1 Å². The zero-order chi connectivity index (χ0) is 17.2. The first-order chi connectivity index (χ1) is 11.7. The average molecular weight is 328 g/mol. The predicted molar refractivity (Wildman–Crippen MR) is 95.0 cm³/mol. The molecule has 5 nitrogen and oxygen atoms in total. The number of ether oxygens (including phenoxy) is 2. The molecule has 0 atom stereocenters. The summed E-state index contributed by atoms with van der Waals surface area (Å²) in [5, 5.41) is 5.68. The number of rotatable bonds is 8. The van der Waals surface area contributed by atoms with Crippen molar-refractivity contribution in [3.05, 3.63) is 65.2 Å². The number of benzene rings is 2. The summed E-state index contributed by atoms with van der Waals surface area (Å²) in [5.41, 5.74) is 4.01. The maximum Gasteiger partial charge on any atom is 0.319 e. The quantitative estimate of drug-likeness (QED) is 0.729. The molecular formula is C19H24N2O3. The van der Waals surface area contributed by atoms with E-state index in [1.165, 1.54) is 5.56 Å². The number of aryl methyl sites for hydroxylation is 1. The Morgan fingerprint density at radius 2 is 1.83 bits per heavy atom. The van der Waals surface area contributed by atoms with Crippen LogP contribution in [0.25, 0.3) is 0 Å². The highest BCUT2D eigenvalue weighted by molar-refractivity contribution is 5.89. The summed E-state index contributed by atoms with van der Waals surface area (Å²) in [5.74, 6) is 0. The van der Waals surface area contributed by atoms with Crippen LogP contribution in [0, 0.1) is 6.92 Å². The van der Waals surface area contributed by atoms with Crippen LogP contribution < -0.4 is 10.6 Å². The first-order valence-electron chi connectivity index (χ1n) is 7.93. The van der Waals surface area contributed by atoms with Crippen molar-refractivity contribution in [3.63, 3.8) is 0 Å². The second-order valence-corrected chi connectivity index (χ2v) is 5.54. The molecule has 0 heterocycles. The van der Waals surface area contributed by atoms with Gasteiger partial charge in [-0.25, -0.2) is 4.79 Å². The van der Waals surface area contributed by atoms with Gasteiger partial charge in [-0.2, -0.15) is 0 Å². The van der Waals surface area contributed by atoms with Gasteiger partial charge in [0.2, 0.25) is 0 Å². The molecule has 2 aromatic rings. The topological polar surface area (TPSA) is 59.6 Å². The first-order valence-corrected chi connectivity index (χ1v) is 7.93. The maximum atomic E-state index is 12.0. The molecule has 2 N–H and O–H groups in total. The smallest absolute Gasteiger partial charge is 0.319 e. The number of carbonyl (C=O) groups excluding carboxylic acids is 1. The summed E-state index contributed by atoms with van der Waals surface area (Å²) in [7, 11) is 1.64. The van der Waals surface area contributed by atoms with Crippen LogP contribution in [0.2, 0.25) is 0 Å². The van der Waals surface area contributed by atoms with Gasteiger partial charge in [0.25, 0.3) is 0 Å².